The number of methoxy groups -OCH3 is 1. The van der Waals surface area contributed by atoms with Crippen LogP contribution in [0.5, 0.6) is 0 Å². The fourth-order valence-corrected chi connectivity index (χ4v) is 2.82. The molecule has 2 N–H and O–H groups in total. The monoisotopic (exact) mass is 272 g/mol. The zero-order valence-electron chi connectivity index (χ0n) is 11.0. The fraction of sp³-hybridized carbons (Fsp3) is 0.833. The Morgan fingerprint density at radius 3 is 2.74 bits per heavy atom. The summed E-state index contributed by atoms with van der Waals surface area (Å²) in [7, 11) is 1.63. The van der Waals surface area contributed by atoms with E-state index in [1.165, 1.54) is 4.90 Å². The summed E-state index contributed by atoms with van der Waals surface area (Å²) < 4.78 is 5.07. The standard InChI is InChI=1S/C12H20N2O5/c1-19-7-8-2-3-13(5-8)12(18)14-6-9(15)4-10(14)11(16)17/h8-10,15H,2-7H2,1H3,(H,16,17). The molecule has 2 aliphatic heterocycles. The molecule has 0 bridgehead atoms. The van der Waals surface area contributed by atoms with Crippen molar-refractivity contribution in [1.82, 2.24) is 9.80 Å². The molecular weight excluding hydrogens is 252 g/mol. The van der Waals surface area contributed by atoms with Crippen molar-refractivity contribution in [2.75, 3.05) is 33.4 Å². The largest absolute Gasteiger partial charge is 0.480 e. The second-order valence-electron chi connectivity index (χ2n) is 5.23. The smallest absolute Gasteiger partial charge is 0.326 e. The van der Waals surface area contributed by atoms with Crippen molar-refractivity contribution in [3.05, 3.63) is 0 Å². The van der Waals surface area contributed by atoms with Crippen LogP contribution in [-0.2, 0) is 9.53 Å². The molecule has 3 unspecified atom stereocenters. The summed E-state index contributed by atoms with van der Waals surface area (Å²) in [6.45, 7) is 1.91. The van der Waals surface area contributed by atoms with Gasteiger partial charge in [0.15, 0.2) is 0 Å². The minimum atomic E-state index is -1.06. The van der Waals surface area contributed by atoms with Crippen molar-refractivity contribution in [3.8, 4) is 0 Å². The zero-order valence-corrected chi connectivity index (χ0v) is 11.0. The molecule has 19 heavy (non-hydrogen) atoms. The van der Waals surface area contributed by atoms with E-state index in [1.807, 2.05) is 0 Å². The Bertz CT molecular complexity index is 362. The number of rotatable bonds is 3. The first kappa shape index (κ1) is 14.1. The number of carboxylic acid groups (broad SMARTS) is 1. The first-order valence-electron chi connectivity index (χ1n) is 6.48. The highest BCUT2D eigenvalue weighted by atomic mass is 16.5. The lowest BCUT2D eigenvalue weighted by molar-refractivity contribution is -0.141. The molecule has 2 rings (SSSR count). The Kier molecular flexibility index (Phi) is 4.26. The summed E-state index contributed by atoms with van der Waals surface area (Å²) in [6.07, 6.45) is 0.229. The molecule has 2 saturated heterocycles. The van der Waals surface area contributed by atoms with Crippen molar-refractivity contribution < 1.29 is 24.5 Å². The molecule has 0 aromatic heterocycles. The molecule has 2 heterocycles. The van der Waals surface area contributed by atoms with Gasteiger partial charge in [0.2, 0.25) is 0 Å². The molecule has 0 aliphatic carbocycles. The minimum absolute atomic E-state index is 0.0985. The van der Waals surface area contributed by atoms with Crippen molar-refractivity contribution in [2.24, 2.45) is 5.92 Å². The third kappa shape index (κ3) is 2.98. The average molecular weight is 272 g/mol. The number of carboxylic acids is 1. The number of β-amino-alcohol motifs (C(OH)–C–C–N with tert-alkyl or cyclic N) is 1. The maximum absolute atomic E-state index is 12.3. The Labute approximate surface area is 111 Å². The summed E-state index contributed by atoms with van der Waals surface area (Å²) >= 11 is 0. The number of hydrogen-bond acceptors (Lipinski definition) is 4. The number of hydrogen-bond donors (Lipinski definition) is 2. The summed E-state index contributed by atoms with van der Waals surface area (Å²) in [5.74, 6) is -0.748. The van der Waals surface area contributed by atoms with E-state index in [0.717, 1.165) is 6.42 Å². The molecule has 3 atom stereocenters. The summed E-state index contributed by atoms with van der Waals surface area (Å²) in [5.41, 5.74) is 0. The average Bonchev–Trinajstić information content (AvgIpc) is 2.95. The van der Waals surface area contributed by atoms with E-state index < -0.39 is 18.1 Å². The number of nitrogens with zero attached hydrogens (tertiary/aromatic N) is 2. The molecule has 7 heteroatoms. The predicted molar refractivity (Wildman–Crippen MR) is 65.7 cm³/mol. The van der Waals surface area contributed by atoms with Gasteiger partial charge in [-0.05, 0) is 6.42 Å². The van der Waals surface area contributed by atoms with E-state index in [0.29, 0.717) is 25.6 Å². The molecule has 0 aromatic rings. The first-order chi connectivity index (χ1) is 9.02. The van der Waals surface area contributed by atoms with Gasteiger partial charge in [0.05, 0.1) is 12.7 Å². The molecule has 2 fully saturated rings. The summed E-state index contributed by atoms with van der Waals surface area (Å²) in [6, 6.07) is -1.20. The number of aliphatic carboxylic acids is 1. The Hall–Kier alpha value is -1.34. The highest BCUT2D eigenvalue weighted by Crippen LogP contribution is 2.23. The van der Waals surface area contributed by atoms with Crippen molar-refractivity contribution >= 4 is 12.0 Å². The van der Waals surface area contributed by atoms with Crippen molar-refractivity contribution in [1.29, 1.82) is 0 Å². The van der Waals surface area contributed by atoms with Gasteiger partial charge < -0.3 is 24.7 Å². The fourth-order valence-electron chi connectivity index (χ4n) is 2.82. The predicted octanol–water partition coefficient (Wildman–Crippen LogP) is -0.405. The van der Waals surface area contributed by atoms with Crippen molar-refractivity contribution in [2.45, 2.75) is 25.0 Å². The van der Waals surface area contributed by atoms with Gasteiger partial charge in [-0.1, -0.05) is 0 Å². The van der Waals surface area contributed by atoms with Crippen LogP contribution in [0.15, 0.2) is 0 Å². The topological polar surface area (TPSA) is 90.3 Å². The van der Waals surface area contributed by atoms with E-state index >= 15 is 0 Å². The third-order valence-electron chi connectivity index (χ3n) is 3.77. The number of carbonyl (C=O) groups is 2. The summed E-state index contributed by atoms with van der Waals surface area (Å²) in [4.78, 5) is 26.3. The van der Waals surface area contributed by atoms with Crippen molar-refractivity contribution in [3.63, 3.8) is 0 Å². The number of ether oxygens (including phenoxy) is 1. The lowest BCUT2D eigenvalue weighted by atomic mass is 10.1. The van der Waals surface area contributed by atoms with Crippen LogP contribution in [0.4, 0.5) is 4.79 Å². The Balaban J connectivity index is 1.97. The van der Waals surface area contributed by atoms with Gasteiger partial charge in [0, 0.05) is 39.1 Å². The van der Waals surface area contributed by atoms with Gasteiger partial charge in [-0.2, -0.15) is 0 Å². The Morgan fingerprint density at radius 2 is 2.11 bits per heavy atom. The zero-order chi connectivity index (χ0) is 14.0. The van der Waals surface area contributed by atoms with Crippen LogP contribution >= 0.6 is 0 Å². The molecule has 0 saturated carbocycles. The van der Waals surface area contributed by atoms with Gasteiger partial charge >= 0.3 is 12.0 Å². The highest BCUT2D eigenvalue weighted by molar-refractivity contribution is 5.83. The van der Waals surface area contributed by atoms with E-state index in [9.17, 15) is 14.7 Å². The van der Waals surface area contributed by atoms with Crippen LogP contribution in [-0.4, -0.2) is 77.5 Å². The highest BCUT2D eigenvalue weighted by Gasteiger charge is 2.41. The molecular formula is C12H20N2O5. The molecule has 0 aromatic carbocycles. The SMILES string of the molecule is COCC1CCN(C(=O)N2CC(O)CC2C(=O)O)C1. The van der Waals surface area contributed by atoms with Crippen LogP contribution < -0.4 is 0 Å². The number of aliphatic hydroxyl groups is 1. The second kappa shape index (κ2) is 5.75. The van der Waals surface area contributed by atoms with Gasteiger partial charge in [-0.3, -0.25) is 0 Å². The van der Waals surface area contributed by atoms with Crippen LogP contribution in [0, 0.1) is 5.92 Å². The molecule has 2 aliphatic rings. The molecule has 7 nitrogen and oxygen atoms in total. The molecule has 0 radical (unpaired) electrons. The van der Waals surface area contributed by atoms with Gasteiger partial charge in [0.25, 0.3) is 0 Å². The van der Waals surface area contributed by atoms with Crippen LogP contribution in [0.25, 0.3) is 0 Å². The third-order valence-corrected chi connectivity index (χ3v) is 3.77. The molecule has 2 amide bonds. The van der Waals surface area contributed by atoms with E-state index in [1.54, 1.807) is 12.0 Å². The molecule has 108 valence electrons. The van der Waals surface area contributed by atoms with Crippen LogP contribution in [0.3, 0.4) is 0 Å². The van der Waals surface area contributed by atoms with Crippen LogP contribution in [0.1, 0.15) is 12.8 Å². The Morgan fingerprint density at radius 1 is 1.37 bits per heavy atom. The second-order valence-corrected chi connectivity index (χ2v) is 5.23. The minimum Gasteiger partial charge on any atom is -0.480 e. The van der Waals surface area contributed by atoms with E-state index in [2.05, 4.69) is 0 Å². The number of aliphatic hydroxyl groups excluding tert-OH is 1. The van der Waals surface area contributed by atoms with Gasteiger partial charge in [0.1, 0.15) is 6.04 Å². The number of carbonyl (C=O) groups excluding carboxylic acids is 1. The van der Waals surface area contributed by atoms with Gasteiger partial charge in [-0.15, -0.1) is 0 Å². The maximum Gasteiger partial charge on any atom is 0.326 e. The number of likely N-dealkylation sites (tertiary alicyclic amines) is 2. The lowest BCUT2D eigenvalue weighted by Crippen LogP contribution is -2.47. The van der Waals surface area contributed by atoms with Crippen LogP contribution in [0.2, 0.25) is 0 Å². The number of amides is 2. The van der Waals surface area contributed by atoms with E-state index in [4.69, 9.17) is 9.84 Å². The summed E-state index contributed by atoms with van der Waals surface area (Å²) in [5, 5.41) is 18.6. The quantitative estimate of drug-likeness (QED) is 0.729. The molecule has 0 spiro atoms. The van der Waals surface area contributed by atoms with E-state index in [-0.39, 0.29) is 19.0 Å². The number of urea groups is 1. The first-order valence-corrected chi connectivity index (χ1v) is 6.48. The van der Waals surface area contributed by atoms with Gasteiger partial charge in [-0.25, -0.2) is 9.59 Å². The lowest BCUT2D eigenvalue weighted by Gasteiger charge is -2.27. The maximum atomic E-state index is 12.3. The normalized spacial score (nSPS) is 30.9.